The van der Waals surface area contributed by atoms with E-state index in [1.54, 1.807) is 11.9 Å². The van der Waals surface area contributed by atoms with Crippen molar-refractivity contribution in [2.24, 2.45) is 0 Å². The normalized spacial score (nSPS) is 16.8. The van der Waals surface area contributed by atoms with Gasteiger partial charge in [-0.3, -0.25) is 9.59 Å². The largest absolute Gasteiger partial charge is 0.466 e. The highest BCUT2D eigenvalue weighted by molar-refractivity contribution is 5.94. The van der Waals surface area contributed by atoms with Crippen LogP contribution < -0.4 is 0 Å². The fourth-order valence-corrected chi connectivity index (χ4v) is 3.66. The molecule has 1 unspecified atom stereocenters. The lowest BCUT2D eigenvalue weighted by Gasteiger charge is -2.40. The minimum atomic E-state index is -0.610. The van der Waals surface area contributed by atoms with E-state index in [4.69, 9.17) is 4.74 Å². The van der Waals surface area contributed by atoms with Gasteiger partial charge in [-0.15, -0.1) is 0 Å². The SMILES string of the molecule is CC/C=C\C/C=C\C/C=C\C/C=C\C/C=C\C/C=C\CCC(=O)N1CCOCC1N(C)C(=O)/C=C/C(=O)OC. The summed E-state index contributed by atoms with van der Waals surface area (Å²) in [7, 11) is 2.84. The molecule has 1 aliphatic rings. The van der Waals surface area contributed by atoms with Crippen molar-refractivity contribution in [2.75, 3.05) is 33.9 Å². The highest BCUT2D eigenvalue weighted by atomic mass is 16.5. The molecule has 0 aromatic rings. The van der Waals surface area contributed by atoms with Crippen LogP contribution in [0.4, 0.5) is 0 Å². The molecule has 1 rings (SSSR count). The van der Waals surface area contributed by atoms with Crippen molar-refractivity contribution < 1.29 is 23.9 Å². The number of carbonyl (C=O) groups excluding carboxylic acids is 3. The maximum Gasteiger partial charge on any atom is 0.330 e. The Kier molecular flexibility index (Phi) is 19.4. The number of hydrogen-bond acceptors (Lipinski definition) is 5. The molecule has 1 fully saturated rings. The molecule has 0 aromatic carbocycles. The maximum atomic E-state index is 12.8. The smallest absolute Gasteiger partial charge is 0.330 e. The monoisotopic (exact) mass is 538 g/mol. The second kappa shape index (κ2) is 22.5. The van der Waals surface area contributed by atoms with E-state index in [1.807, 2.05) is 6.08 Å². The first-order valence-corrected chi connectivity index (χ1v) is 13.8. The predicted octanol–water partition coefficient (Wildman–Crippen LogP) is 5.84. The fraction of sp³-hybridized carbons (Fsp3) is 0.469. The lowest BCUT2D eigenvalue weighted by atomic mass is 10.2. The van der Waals surface area contributed by atoms with Gasteiger partial charge in [0.25, 0.3) is 0 Å². The Labute approximate surface area is 234 Å². The third-order valence-electron chi connectivity index (χ3n) is 5.90. The van der Waals surface area contributed by atoms with E-state index in [0.29, 0.717) is 26.0 Å². The predicted molar refractivity (Wildman–Crippen MR) is 158 cm³/mol. The van der Waals surface area contributed by atoms with Gasteiger partial charge in [-0.25, -0.2) is 4.79 Å². The molecule has 0 aromatic heterocycles. The third kappa shape index (κ3) is 16.2. The highest BCUT2D eigenvalue weighted by Crippen LogP contribution is 2.14. The van der Waals surface area contributed by atoms with Crippen LogP contribution in [0.5, 0.6) is 0 Å². The van der Waals surface area contributed by atoms with E-state index < -0.39 is 18.0 Å². The average Bonchev–Trinajstić information content (AvgIpc) is 2.96. The zero-order valence-electron chi connectivity index (χ0n) is 23.9. The molecule has 0 N–H and O–H groups in total. The lowest BCUT2D eigenvalue weighted by molar-refractivity contribution is -0.153. The number of morpholine rings is 1. The van der Waals surface area contributed by atoms with Gasteiger partial charge in [-0.05, 0) is 44.9 Å². The number of likely N-dealkylation sites (N-methyl/N-ethyl adjacent to an activating group) is 1. The van der Waals surface area contributed by atoms with Crippen molar-refractivity contribution in [3.63, 3.8) is 0 Å². The van der Waals surface area contributed by atoms with Crippen molar-refractivity contribution in [2.45, 2.75) is 64.5 Å². The Morgan fingerprint density at radius 3 is 1.85 bits per heavy atom. The van der Waals surface area contributed by atoms with Crippen LogP contribution in [0.15, 0.2) is 85.1 Å². The van der Waals surface area contributed by atoms with Crippen LogP contribution in [0, 0.1) is 0 Å². The molecule has 7 heteroatoms. The molecular weight excluding hydrogens is 492 g/mol. The van der Waals surface area contributed by atoms with E-state index in [2.05, 4.69) is 78.5 Å². The summed E-state index contributed by atoms with van der Waals surface area (Å²) in [6.07, 6.45) is 34.3. The molecule has 2 amide bonds. The van der Waals surface area contributed by atoms with E-state index in [9.17, 15) is 14.4 Å². The molecule has 39 heavy (non-hydrogen) atoms. The highest BCUT2D eigenvalue weighted by Gasteiger charge is 2.31. The van der Waals surface area contributed by atoms with Gasteiger partial charge in [0, 0.05) is 32.2 Å². The summed E-state index contributed by atoms with van der Waals surface area (Å²) < 4.78 is 10.00. The molecule has 1 atom stereocenters. The van der Waals surface area contributed by atoms with Crippen LogP contribution in [0.2, 0.25) is 0 Å². The summed E-state index contributed by atoms with van der Waals surface area (Å²) in [6.45, 7) is 3.23. The topological polar surface area (TPSA) is 76.2 Å². The van der Waals surface area contributed by atoms with Crippen LogP contribution in [0.1, 0.15) is 58.3 Å². The number of ether oxygens (including phenoxy) is 2. The number of rotatable bonds is 17. The second-order valence-electron chi connectivity index (χ2n) is 8.90. The zero-order chi connectivity index (χ0) is 28.6. The number of carbonyl (C=O) groups is 3. The van der Waals surface area contributed by atoms with Gasteiger partial charge in [-0.2, -0.15) is 0 Å². The van der Waals surface area contributed by atoms with Crippen molar-refractivity contribution in [1.82, 2.24) is 9.80 Å². The van der Waals surface area contributed by atoms with Crippen molar-refractivity contribution in [3.8, 4) is 0 Å². The summed E-state index contributed by atoms with van der Waals surface area (Å²) in [4.78, 5) is 39.5. The fourth-order valence-electron chi connectivity index (χ4n) is 3.66. The van der Waals surface area contributed by atoms with Crippen LogP contribution in [0.3, 0.4) is 0 Å². The molecule has 1 heterocycles. The van der Waals surface area contributed by atoms with E-state index in [0.717, 1.165) is 50.7 Å². The Morgan fingerprint density at radius 1 is 0.821 bits per heavy atom. The number of allylic oxidation sites excluding steroid dienone is 12. The summed E-state index contributed by atoms with van der Waals surface area (Å²) >= 11 is 0. The summed E-state index contributed by atoms with van der Waals surface area (Å²) in [5.41, 5.74) is 0. The molecule has 1 saturated heterocycles. The van der Waals surface area contributed by atoms with Gasteiger partial charge in [0.1, 0.15) is 6.17 Å². The van der Waals surface area contributed by atoms with Gasteiger partial charge in [0.2, 0.25) is 11.8 Å². The van der Waals surface area contributed by atoms with Crippen LogP contribution in [-0.2, 0) is 23.9 Å². The van der Waals surface area contributed by atoms with Gasteiger partial charge in [0.05, 0.1) is 20.3 Å². The zero-order valence-corrected chi connectivity index (χ0v) is 23.9. The Balaban J connectivity index is 2.26. The molecule has 1 aliphatic heterocycles. The Morgan fingerprint density at radius 2 is 1.33 bits per heavy atom. The molecule has 214 valence electrons. The minimum Gasteiger partial charge on any atom is -0.466 e. The quantitative estimate of drug-likeness (QED) is 0.132. The molecule has 7 nitrogen and oxygen atoms in total. The summed E-state index contributed by atoms with van der Waals surface area (Å²) in [6, 6.07) is 0. The summed E-state index contributed by atoms with van der Waals surface area (Å²) in [5, 5.41) is 0. The average molecular weight is 539 g/mol. The van der Waals surface area contributed by atoms with E-state index >= 15 is 0 Å². The summed E-state index contributed by atoms with van der Waals surface area (Å²) in [5.74, 6) is -1.04. The number of hydrogen-bond donors (Lipinski definition) is 0. The van der Waals surface area contributed by atoms with Crippen molar-refractivity contribution in [3.05, 3.63) is 85.1 Å². The number of nitrogens with zero attached hydrogens (tertiary/aromatic N) is 2. The van der Waals surface area contributed by atoms with E-state index in [1.165, 1.54) is 12.0 Å². The van der Waals surface area contributed by atoms with E-state index in [-0.39, 0.29) is 12.5 Å². The first-order chi connectivity index (χ1) is 19.0. The standard InChI is InChI=1S/C32H46N2O5/c1-4-5-6-7-8-9-10-11-12-13-14-15-16-17-18-19-20-21-22-23-31(36)34-26-27-39-28-29(34)33(2)30(35)24-25-32(37)38-3/h5-6,8-9,11-12,14-15,17-18,20-21,24-25,29H,4,7,10,13,16,19,22-23,26-28H2,1-3H3/b6-5-,9-8-,12-11-,15-14-,18-17-,21-20-,25-24+. The Bertz CT molecular complexity index is 927. The first-order valence-electron chi connectivity index (χ1n) is 13.8. The first kappa shape index (κ1) is 33.6. The van der Waals surface area contributed by atoms with Gasteiger partial charge in [0.15, 0.2) is 0 Å². The molecular formula is C32H46N2O5. The van der Waals surface area contributed by atoms with Gasteiger partial charge in [-0.1, -0.05) is 79.8 Å². The van der Waals surface area contributed by atoms with Crippen LogP contribution in [0.25, 0.3) is 0 Å². The molecule has 0 bridgehead atoms. The van der Waals surface area contributed by atoms with Crippen LogP contribution in [-0.4, -0.2) is 67.7 Å². The van der Waals surface area contributed by atoms with Gasteiger partial charge < -0.3 is 19.3 Å². The third-order valence-corrected chi connectivity index (χ3v) is 5.90. The van der Waals surface area contributed by atoms with Crippen molar-refractivity contribution >= 4 is 17.8 Å². The maximum absolute atomic E-state index is 12.8. The van der Waals surface area contributed by atoms with Crippen LogP contribution >= 0.6 is 0 Å². The minimum absolute atomic E-state index is 0.0283. The molecule has 0 aliphatic carbocycles. The van der Waals surface area contributed by atoms with Gasteiger partial charge >= 0.3 is 5.97 Å². The van der Waals surface area contributed by atoms with Crippen molar-refractivity contribution in [1.29, 1.82) is 0 Å². The Hall–Kier alpha value is -3.45. The number of esters is 1. The molecule has 0 spiro atoms. The number of amides is 2. The molecule has 0 saturated carbocycles. The second-order valence-corrected chi connectivity index (χ2v) is 8.90. The molecule has 0 radical (unpaired) electrons. The number of methoxy groups -OCH3 is 1. The lowest BCUT2D eigenvalue weighted by Crippen LogP contribution is -2.57.